The summed E-state index contributed by atoms with van der Waals surface area (Å²) < 4.78 is 39.6. The minimum atomic E-state index is -4.76. The highest BCUT2D eigenvalue weighted by molar-refractivity contribution is 7.47. The smallest absolute Gasteiger partial charge is 0.462 e. The third-order valence-electron chi connectivity index (χ3n) is 13.1. The van der Waals surface area contributed by atoms with Gasteiger partial charge in [-0.15, -0.1) is 0 Å². The fourth-order valence-corrected chi connectivity index (χ4v) is 9.11. The number of aliphatic hydroxyl groups excluding tert-OH is 1. The molecule has 0 aromatic heterocycles. The van der Waals surface area contributed by atoms with E-state index in [1.165, 1.54) is 83.5 Å². The number of unbranched alkanes of at least 4 members (excludes halogenated alkanes) is 28. The topological polar surface area (TPSA) is 155 Å². The van der Waals surface area contributed by atoms with Crippen LogP contribution < -0.4 is 0 Å². The predicted octanol–water partition coefficient (Wildman–Crippen LogP) is 18.5. The number of rotatable bonds is 57. The summed E-state index contributed by atoms with van der Waals surface area (Å²) in [5.41, 5.74) is 0. The quantitative estimate of drug-likeness (QED) is 0.0197. The molecule has 0 rings (SSSR count). The minimum Gasteiger partial charge on any atom is -0.462 e. The van der Waals surface area contributed by atoms with Gasteiger partial charge in [0.1, 0.15) is 12.7 Å². The van der Waals surface area contributed by atoms with E-state index >= 15 is 0 Å². The molecular formula is C64H113O11P. The molecule has 0 saturated carbocycles. The third-order valence-corrected chi connectivity index (χ3v) is 14.0. The maximum atomic E-state index is 12.9. The van der Waals surface area contributed by atoms with Crippen molar-refractivity contribution in [2.24, 2.45) is 0 Å². The van der Waals surface area contributed by atoms with Crippen LogP contribution in [0, 0.1) is 0 Å². The first kappa shape index (κ1) is 72.9. The molecule has 3 unspecified atom stereocenters. The van der Waals surface area contributed by atoms with E-state index in [1.807, 2.05) is 0 Å². The SMILES string of the molecule is CCCCC/C=C\C/C=C\C/C=C\CCCCCCCCC(=O)OC(COC(=O)CCCCCCC/C=C\CCCCCCCC)COP(=O)(O)OCC(CO)OC(=O)CCCCCCC/C=C\C/C=C\CCCCC. The van der Waals surface area contributed by atoms with Gasteiger partial charge in [0.25, 0.3) is 0 Å². The third kappa shape index (κ3) is 55.7. The van der Waals surface area contributed by atoms with Crippen LogP contribution in [0.2, 0.25) is 0 Å². The highest BCUT2D eigenvalue weighted by Crippen LogP contribution is 2.43. The molecule has 0 aliphatic carbocycles. The number of esters is 3. The molecule has 0 aliphatic rings. The first-order chi connectivity index (χ1) is 37.2. The molecule has 0 fully saturated rings. The molecule has 0 bridgehead atoms. The van der Waals surface area contributed by atoms with Gasteiger partial charge in [0.2, 0.25) is 0 Å². The molecule has 12 heteroatoms. The molecule has 0 saturated heterocycles. The molecule has 0 radical (unpaired) electrons. The molecule has 0 aromatic rings. The van der Waals surface area contributed by atoms with Crippen molar-refractivity contribution in [3.8, 4) is 0 Å². The summed E-state index contributed by atoms with van der Waals surface area (Å²) in [7, 11) is -4.76. The lowest BCUT2D eigenvalue weighted by molar-refractivity contribution is -0.161. The lowest BCUT2D eigenvalue weighted by Gasteiger charge is -2.21. The zero-order chi connectivity index (χ0) is 55.5. The number of ether oxygens (including phenoxy) is 3. The fourth-order valence-electron chi connectivity index (χ4n) is 8.33. The zero-order valence-electron chi connectivity index (χ0n) is 48.7. The van der Waals surface area contributed by atoms with E-state index in [1.54, 1.807) is 0 Å². The first-order valence-electron chi connectivity index (χ1n) is 30.8. The predicted molar refractivity (Wildman–Crippen MR) is 316 cm³/mol. The monoisotopic (exact) mass is 1090 g/mol. The summed E-state index contributed by atoms with van der Waals surface area (Å²) in [6.07, 6.45) is 65.6. The van der Waals surface area contributed by atoms with Crippen molar-refractivity contribution in [3.05, 3.63) is 72.9 Å². The van der Waals surface area contributed by atoms with Crippen molar-refractivity contribution in [2.45, 2.75) is 290 Å². The molecule has 0 spiro atoms. The van der Waals surface area contributed by atoms with Gasteiger partial charge in [0.05, 0.1) is 19.8 Å². The molecule has 0 aliphatic heterocycles. The number of phosphoric acid groups is 1. The Morgan fingerprint density at radius 3 is 1.03 bits per heavy atom. The maximum absolute atomic E-state index is 12.9. The Kier molecular flexibility index (Phi) is 55.7. The van der Waals surface area contributed by atoms with E-state index in [2.05, 4.69) is 93.7 Å². The lowest BCUT2D eigenvalue weighted by Crippen LogP contribution is -2.30. The Bertz CT molecular complexity index is 1550. The molecular weight excluding hydrogens is 976 g/mol. The number of carbonyl (C=O) groups excluding carboxylic acids is 3. The highest BCUT2D eigenvalue weighted by Gasteiger charge is 2.28. The molecule has 11 nitrogen and oxygen atoms in total. The van der Waals surface area contributed by atoms with Crippen molar-refractivity contribution >= 4 is 25.7 Å². The molecule has 0 amide bonds. The first-order valence-corrected chi connectivity index (χ1v) is 32.3. The molecule has 2 N–H and O–H groups in total. The van der Waals surface area contributed by atoms with E-state index in [0.717, 1.165) is 135 Å². The van der Waals surface area contributed by atoms with Gasteiger partial charge in [-0.25, -0.2) is 4.57 Å². The molecule has 440 valence electrons. The minimum absolute atomic E-state index is 0.149. The van der Waals surface area contributed by atoms with E-state index < -0.39 is 57.8 Å². The lowest BCUT2D eigenvalue weighted by atomic mass is 10.1. The van der Waals surface area contributed by atoms with Gasteiger partial charge in [0, 0.05) is 19.3 Å². The number of aliphatic hydroxyl groups is 1. The van der Waals surface area contributed by atoms with E-state index in [-0.39, 0.29) is 25.9 Å². The number of hydrogen-bond donors (Lipinski definition) is 2. The normalized spacial score (nSPS) is 13.8. The number of phosphoric ester groups is 1. The second-order valence-corrected chi connectivity index (χ2v) is 22.0. The van der Waals surface area contributed by atoms with Gasteiger partial charge < -0.3 is 24.2 Å². The van der Waals surface area contributed by atoms with Crippen LogP contribution in [0.25, 0.3) is 0 Å². The second kappa shape index (κ2) is 58.1. The van der Waals surface area contributed by atoms with Crippen molar-refractivity contribution in [1.29, 1.82) is 0 Å². The molecule has 0 aromatic carbocycles. The Morgan fingerprint density at radius 1 is 0.368 bits per heavy atom. The highest BCUT2D eigenvalue weighted by atomic mass is 31.2. The van der Waals surface area contributed by atoms with Crippen molar-refractivity contribution in [3.63, 3.8) is 0 Å². The summed E-state index contributed by atoms with van der Waals surface area (Å²) >= 11 is 0. The van der Waals surface area contributed by atoms with E-state index in [9.17, 15) is 28.9 Å². The summed E-state index contributed by atoms with van der Waals surface area (Å²) in [5, 5.41) is 9.83. The van der Waals surface area contributed by atoms with Crippen LogP contribution in [0.5, 0.6) is 0 Å². The maximum Gasteiger partial charge on any atom is 0.472 e. The van der Waals surface area contributed by atoms with Crippen LogP contribution in [0.15, 0.2) is 72.9 Å². The number of hydrogen-bond acceptors (Lipinski definition) is 10. The van der Waals surface area contributed by atoms with Crippen molar-refractivity contribution < 1.29 is 52.2 Å². The van der Waals surface area contributed by atoms with E-state index in [0.29, 0.717) is 19.3 Å². The Hall–Kier alpha value is -3.08. The fraction of sp³-hybridized carbons (Fsp3) is 0.766. The number of allylic oxidation sites excluding steroid dienone is 12. The van der Waals surface area contributed by atoms with Crippen LogP contribution in [0.1, 0.15) is 278 Å². The van der Waals surface area contributed by atoms with Crippen LogP contribution in [0.3, 0.4) is 0 Å². The largest absolute Gasteiger partial charge is 0.472 e. The number of carbonyl (C=O) groups is 3. The van der Waals surface area contributed by atoms with Gasteiger partial charge >= 0.3 is 25.7 Å². The van der Waals surface area contributed by atoms with Crippen molar-refractivity contribution in [2.75, 3.05) is 26.4 Å². The van der Waals surface area contributed by atoms with Crippen molar-refractivity contribution in [1.82, 2.24) is 0 Å². The molecule has 3 atom stereocenters. The average molecular weight is 1090 g/mol. The average Bonchev–Trinajstić information content (AvgIpc) is 3.41. The summed E-state index contributed by atoms with van der Waals surface area (Å²) in [6.45, 7) is 4.57. The van der Waals surface area contributed by atoms with Gasteiger partial charge in [-0.2, -0.15) is 0 Å². The molecule has 76 heavy (non-hydrogen) atoms. The van der Waals surface area contributed by atoms with Gasteiger partial charge in [-0.3, -0.25) is 23.4 Å². The van der Waals surface area contributed by atoms with Crippen LogP contribution in [-0.2, 0) is 42.2 Å². The standard InChI is InChI=1S/C64H113O11P/c1-4-7-10-13-16-19-22-25-28-29-30-31-34-37-40-43-46-49-52-55-64(68)75-61(57-71-62(66)53-50-47-44-41-38-35-32-26-23-20-17-14-11-8-5-2)59-73-76(69,70)72-58-60(56-65)74-63(67)54-51-48-45-42-39-36-33-27-24-21-18-15-12-9-6-3/h16,18-19,21,25-28,30-33,60-61,65H,4-15,17,20,22-24,29,34-59H2,1-3H3,(H,69,70)/b19-16-,21-18-,28-25-,31-30-,32-26-,33-27-. The van der Waals surface area contributed by atoms with Crippen LogP contribution in [-0.4, -0.2) is 66.5 Å². The summed E-state index contributed by atoms with van der Waals surface area (Å²) in [4.78, 5) is 48.6. The summed E-state index contributed by atoms with van der Waals surface area (Å²) in [5.74, 6) is -1.50. The summed E-state index contributed by atoms with van der Waals surface area (Å²) in [6, 6.07) is 0. The second-order valence-electron chi connectivity index (χ2n) is 20.5. The zero-order valence-corrected chi connectivity index (χ0v) is 49.6. The molecule has 0 heterocycles. The Morgan fingerprint density at radius 2 is 0.645 bits per heavy atom. The van der Waals surface area contributed by atoms with Gasteiger partial charge in [0.15, 0.2) is 6.10 Å². The van der Waals surface area contributed by atoms with Crippen LogP contribution >= 0.6 is 7.82 Å². The van der Waals surface area contributed by atoms with Gasteiger partial charge in [-0.1, -0.05) is 216 Å². The Balaban J connectivity index is 4.76. The van der Waals surface area contributed by atoms with E-state index in [4.69, 9.17) is 23.3 Å². The van der Waals surface area contributed by atoms with Gasteiger partial charge in [-0.05, 0) is 116 Å². The Labute approximate surface area is 465 Å². The van der Waals surface area contributed by atoms with Crippen LogP contribution in [0.4, 0.5) is 0 Å².